The average Bonchev–Trinajstić information content (AvgIpc) is 2.39. The normalized spacial score (nSPS) is 22.9. The summed E-state index contributed by atoms with van der Waals surface area (Å²) in [6, 6.07) is 8.06. The number of rotatable bonds is 4. The summed E-state index contributed by atoms with van der Waals surface area (Å²) < 4.78 is 0. The molecular formula is C18H30N2O. The fraction of sp³-hybridized carbons (Fsp3) is 0.667. The van der Waals surface area contributed by atoms with Gasteiger partial charge in [-0.1, -0.05) is 19.1 Å². The Bertz CT molecular complexity index is 449. The Hall–Kier alpha value is -1.06. The predicted molar refractivity (Wildman–Crippen MR) is 88.8 cm³/mol. The quantitative estimate of drug-likeness (QED) is 0.817. The number of hydrogen-bond donors (Lipinski definition) is 1. The Kier molecular flexibility index (Phi) is 4.64. The van der Waals surface area contributed by atoms with Crippen LogP contribution < -0.4 is 5.73 Å². The van der Waals surface area contributed by atoms with Crippen molar-refractivity contribution in [3.63, 3.8) is 0 Å². The summed E-state index contributed by atoms with van der Waals surface area (Å²) in [6.07, 6.45) is 4.65. The van der Waals surface area contributed by atoms with Crippen LogP contribution in [0.3, 0.4) is 0 Å². The zero-order valence-corrected chi connectivity index (χ0v) is 14.1. The molecule has 0 saturated carbocycles. The van der Waals surface area contributed by atoms with Gasteiger partial charge in [-0.2, -0.15) is 5.06 Å². The molecule has 0 aromatic heterocycles. The van der Waals surface area contributed by atoms with E-state index >= 15 is 0 Å². The van der Waals surface area contributed by atoms with Crippen molar-refractivity contribution < 1.29 is 4.84 Å². The lowest BCUT2D eigenvalue weighted by molar-refractivity contribution is -0.307. The molecule has 0 spiro atoms. The molecule has 0 aliphatic carbocycles. The number of nitrogens with zero attached hydrogens (tertiary/aromatic N) is 1. The van der Waals surface area contributed by atoms with Crippen molar-refractivity contribution in [1.82, 2.24) is 5.06 Å². The third kappa shape index (κ3) is 3.58. The lowest BCUT2D eigenvalue weighted by Crippen LogP contribution is -2.58. The molecule has 2 rings (SSSR count). The first-order valence-electron chi connectivity index (χ1n) is 8.09. The minimum absolute atomic E-state index is 0.0724. The van der Waals surface area contributed by atoms with Crippen molar-refractivity contribution >= 4 is 5.69 Å². The second kappa shape index (κ2) is 5.98. The van der Waals surface area contributed by atoms with Crippen molar-refractivity contribution in [3.8, 4) is 0 Å². The van der Waals surface area contributed by atoms with Crippen molar-refractivity contribution in [3.05, 3.63) is 29.8 Å². The molecule has 1 saturated heterocycles. The second-order valence-corrected chi connectivity index (χ2v) is 7.44. The first-order valence-corrected chi connectivity index (χ1v) is 8.09. The highest BCUT2D eigenvalue weighted by molar-refractivity contribution is 5.39. The molecular weight excluding hydrogens is 260 g/mol. The topological polar surface area (TPSA) is 38.5 Å². The average molecular weight is 290 g/mol. The van der Waals surface area contributed by atoms with Crippen LogP contribution in [0.15, 0.2) is 24.3 Å². The van der Waals surface area contributed by atoms with Crippen LogP contribution in [0, 0.1) is 0 Å². The van der Waals surface area contributed by atoms with Crippen LogP contribution in [0.2, 0.25) is 0 Å². The number of hydroxylamine groups is 2. The molecule has 1 fully saturated rings. The largest absolute Gasteiger partial charge is 0.399 e. The van der Waals surface area contributed by atoms with Crippen LogP contribution in [-0.4, -0.2) is 16.1 Å². The van der Waals surface area contributed by atoms with E-state index in [2.05, 4.69) is 51.8 Å². The van der Waals surface area contributed by atoms with Gasteiger partial charge >= 0.3 is 0 Å². The zero-order chi connectivity index (χ0) is 15.7. The Morgan fingerprint density at radius 3 is 2.10 bits per heavy atom. The van der Waals surface area contributed by atoms with Gasteiger partial charge < -0.3 is 5.73 Å². The maximum atomic E-state index is 6.49. The third-order valence-electron chi connectivity index (χ3n) is 4.59. The molecule has 1 atom stereocenters. The molecule has 0 amide bonds. The van der Waals surface area contributed by atoms with Gasteiger partial charge in [-0.15, -0.1) is 0 Å². The molecule has 1 unspecified atom stereocenters. The Balaban J connectivity index is 2.21. The molecule has 118 valence electrons. The molecule has 1 heterocycles. The molecule has 1 aromatic carbocycles. The smallest absolute Gasteiger partial charge is 0.104 e. The van der Waals surface area contributed by atoms with Gasteiger partial charge in [0.05, 0.1) is 0 Å². The van der Waals surface area contributed by atoms with Crippen molar-refractivity contribution in [2.75, 3.05) is 5.73 Å². The van der Waals surface area contributed by atoms with E-state index in [9.17, 15) is 0 Å². The van der Waals surface area contributed by atoms with Gasteiger partial charge in [0.1, 0.15) is 6.10 Å². The van der Waals surface area contributed by atoms with E-state index in [-0.39, 0.29) is 17.2 Å². The Morgan fingerprint density at radius 2 is 1.62 bits per heavy atom. The summed E-state index contributed by atoms with van der Waals surface area (Å²) in [5.74, 6) is 0. The van der Waals surface area contributed by atoms with Crippen LogP contribution in [-0.2, 0) is 4.84 Å². The zero-order valence-electron chi connectivity index (χ0n) is 14.1. The predicted octanol–water partition coefficient (Wildman–Crippen LogP) is 4.69. The molecule has 1 aliphatic rings. The fourth-order valence-corrected chi connectivity index (χ4v) is 3.47. The molecule has 0 bridgehead atoms. The van der Waals surface area contributed by atoms with Crippen molar-refractivity contribution in [1.29, 1.82) is 0 Å². The van der Waals surface area contributed by atoms with Gasteiger partial charge in [-0.3, -0.25) is 4.84 Å². The van der Waals surface area contributed by atoms with Crippen molar-refractivity contribution in [2.24, 2.45) is 0 Å². The first kappa shape index (κ1) is 16.3. The molecule has 1 aliphatic heterocycles. The van der Waals surface area contributed by atoms with Gasteiger partial charge in [0, 0.05) is 16.8 Å². The van der Waals surface area contributed by atoms with Gasteiger partial charge in [0.25, 0.3) is 0 Å². The summed E-state index contributed by atoms with van der Waals surface area (Å²) in [4.78, 5) is 6.49. The first-order chi connectivity index (χ1) is 9.76. The molecule has 21 heavy (non-hydrogen) atoms. The molecule has 3 heteroatoms. The SMILES string of the molecule is CCC(ON1C(C)(C)CCCC1(C)C)c1ccc(N)cc1. The Morgan fingerprint density at radius 1 is 1.10 bits per heavy atom. The van der Waals surface area contributed by atoms with Crippen molar-refractivity contribution in [2.45, 2.75) is 77.5 Å². The van der Waals surface area contributed by atoms with Crippen LogP contribution >= 0.6 is 0 Å². The maximum Gasteiger partial charge on any atom is 0.104 e. The summed E-state index contributed by atoms with van der Waals surface area (Å²) in [6.45, 7) is 11.3. The van der Waals surface area contributed by atoms with Gasteiger partial charge in [0.15, 0.2) is 0 Å². The number of piperidine rings is 1. The molecule has 2 N–H and O–H groups in total. The second-order valence-electron chi connectivity index (χ2n) is 7.44. The third-order valence-corrected chi connectivity index (χ3v) is 4.59. The van der Waals surface area contributed by atoms with E-state index in [1.165, 1.54) is 24.8 Å². The number of benzene rings is 1. The van der Waals surface area contributed by atoms with Crippen LogP contribution in [0.4, 0.5) is 5.69 Å². The number of hydrogen-bond acceptors (Lipinski definition) is 3. The minimum atomic E-state index is 0.0724. The van der Waals surface area contributed by atoms with E-state index in [0.717, 1.165) is 12.1 Å². The summed E-state index contributed by atoms with van der Waals surface area (Å²) >= 11 is 0. The van der Waals surface area contributed by atoms with Crippen LogP contribution in [0.25, 0.3) is 0 Å². The van der Waals surface area contributed by atoms with Crippen LogP contribution in [0.5, 0.6) is 0 Å². The van der Waals surface area contributed by atoms with Gasteiger partial charge in [-0.25, -0.2) is 0 Å². The van der Waals surface area contributed by atoms with E-state index in [1.54, 1.807) is 0 Å². The van der Waals surface area contributed by atoms with E-state index < -0.39 is 0 Å². The number of nitrogens with two attached hydrogens (primary N) is 1. The highest BCUT2D eigenvalue weighted by Crippen LogP contribution is 2.41. The molecule has 3 nitrogen and oxygen atoms in total. The Labute approximate surface area is 129 Å². The number of nitrogen functional groups attached to an aromatic ring is 1. The highest BCUT2D eigenvalue weighted by Gasteiger charge is 2.43. The fourth-order valence-electron chi connectivity index (χ4n) is 3.47. The van der Waals surface area contributed by atoms with E-state index in [4.69, 9.17) is 10.6 Å². The van der Waals surface area contributed by atoms with Gasteiger partial charge in [0.2, 0.25) is 0 Å². The lowest BCUT2D eigenvalue weighted by atomic mass is 9.82. The minimum Gasteiger partial charge on any atom is -0.399 e. The molecule has 0 radical (unpaired) electrons. The maximum absolute atomic E-state index is 6.49. The van der Waals surface area contributed by atoms with Crippen LogP contribution in [0.1, 0.15) is 72.0 Å². The molecule has 1 aromatic rings. The monoisotopic (exact) mass is 290 g/mol. The summed E-state index contributed by atoms with van der Waals surface area (Å²) in [5, 5.41) is 2.24. The summed E-state index contributed by atoms with van der Waals surface area (Å²) in [7, 11) is 0. The standard InChI is InChI=1S/C18H30N2O/c1-6-16(14-8-10-15(19)11-9-14)21-20-17(2,3)12-7-13-18(20,4)5/h8-11,16H,6-7,12-13,19H2,1-5H3. The summed E-state index contributed by atoms with van der Waals surface area (Å²) in [5.41, 5.74) is 7.93. The van der Waals surface area contributed by atoms with E-state index in [1.807, 2.05) is 12.1 Å². The number of anilines is 1. The highest BCUT2D eigenvalue weighted by atomic mass is 16.7. The van der Waals surface area contributed by atoms with Gasteiger partial charge in [-0.05, 0) is 71.1 Å². The van der Waals surface area contributed by atoms with E-state index in [0.29, 0.717) is 0 Å². The lowest BCUT2D eigenvalue weighted by Gasteiger charge is -2.52.